The molecule has 1 saturated heterocycles. The van der Waals surface area contributed by atoms with Crippen LogP contribution in [-0.4, -0.2) is 38.2 Å². The van der Waals surface area contributed by atoms with Crippen LogP contribution in [0.3, 0.4) is 0 Å². The van der Waals surface area contributed by atoms with Gasteiger partial charge in [0.25, 0.3) is 0 Å². The Kier molecular flexibility index (Phi) is 9.50. The van der Waals surface area contributed by atoms with Crippen LogP contribution in [0.2, 0.25) is 0 Å². The number of cyclic esters (lactones) is 2. The molecule has 0 aromatic rings. The van der Waals surface area contributed by atoms with Gasteiger partial charge in [0.1, 0.15) is 0 Å². The lowest BCUT2D eigenvalue weighted by molar-refractivity contribution is -0.174. The van der Waals surface area contributed by atoms with Crippen LogP contribution < -0.4 is 0 Å². The Bertz CT molecular complexity index is 189. The molecule has 0 saturated carbocycles. The van der Waals surface area contributed by atoms with E-state index in [2.05, 4.69) is 14.2 Å². The largest absolute Gasteiger partial charge is 0.469 e. The molecule has 0 spiro atoms. The normalized spacial score (nSPS) is 13.5. The smallest absolute Gasteiger partial charge is 0.344 e. The molecule has 1 aliphatic rings. The van der Waals surface area contributed by atoms with E-state index in [9.17, 15) is 14.4 Å². The highest BCUT2D eigenvalue weighted by Crippen LogP contribution is 1.90. The number of methoxy groups -OCH3 is 1. The third kappa shape index (κ3) is 8.73. The van der Waals surface area contributed by atoms with Crippen molar-refractivity contribution in [1.82, 2.24) is 0 Å². The summed E-state index contributed by atoms with van der Waals surface area (Å²) in [4.78, 5) is 30.2. The third-order valence-electron chi connectivity index (χ3n) is 1.22. The molecule has 0 bridgehead atoms. The molecule has 0 amide bonds. The van der Waals surface area contributed by atoms with Gasteiger partial charge < -0.3 is 14.2 Å². The summed E-state index contributed by atoms with van der Waals surface area (Å²) in [5, 5.41) is 0. The fourth-order valence-corrected chi connectivity index (χ4v) is 0.507. The summed E-state index contributed by atoms with van der Waals surface area (Å²) < 4.78 is 12.8. The number of carbonyl (C=O) groups is 3. The van der Waals surface area contributed by atoms with Crippen LogP contribution in [0.15, 0.2) is 0 Å². The van der Waals surface area contributed by atoms with E-state index in [1.54, 1.807) is 6.92 Å². The van der Waals surface area contributed by atoms with Gasteiger partial charge in [-0.15, -0.1) is 0 Å². The molecule has 0 radical (unpaired) electrons. The molecule has 0 unspecified atom stereocenters. The lowest BCUT2D eigenvalue weighted by Crippen LogP contribution is -2.27. The van der Waals surface area contributed by atoms with Gasteiger partial charge in [0.05, 0.1) is 7.11 Å². The predicted molar refractivity (Wildman–Crippen MR) is 51.0 cm³/mol. The topological polar surface area (TPSA) is 78.9 Å². The van der Waals surface area contributed by atoms with Gasteiger partial charge in [-0.2, -0.15) is 0 Å². The summed E-state index contributed by atoms with van der Waals surface area (Å²) in [7, 11) is 1.38. The van der Waals surface area contributed by atoms with Crippen molar-refractivity contribution in [1.29, 1.82) is 0 Å². The summed E-state index contributed by atoms with van der Waals surface area (Å²) in [5.41, 5.74) is 0. The van der Waals surface area contributed by atoms with Crippen LogP contribution in [0.4, 0.5) is 0 Å². The van der Waals surface area contributed by atoms with Crippen LogP contribution >= 0.6 is 0 Å². The minimum Gasteiger partial charge on any atom is -0.469 e. The van der Waals surface area contributed by atoms with Crippen LogP contribution in [0.5, 0.6) is 0 Å². The number of rotatable bonds is 1. The van der Waals surface area contributed by atoms with Crippen molar-refractivity contribution >= 4 is 17.9 Å². The summed E-state index contributed by atoms with van der Waals surface area (Å²) >= 11 is 0. The van der Waals surface area contributed by atoms with Crippen LogP contribution in [0.25, 0.3) is 0 Å². The second-order valence-corrected chi connectivity index (χ2v) is 2.25. The fourth-order valence-electron chi connectivity index (χ4n) is 0.507. The van der Waals surface area contributed by atoms with Gasteiger partial charge >= 0.3 is 17.9 Å². The van der Waals surface area contributed by atoms with Crippen molar-refractivity contribution < 1.29 is 28.6 Å². The minimum absolute atomic E-state index is 0. The molecule has 1 fully saturated rings. The van der Waals surface area contributed by atoms with Gasteiger partial charge in [-0.1, -0.05) is 14.4 Å². The van der Waals surface area contributed by atoms with E-state index in [0.29, 0.717) is 6.42 Å². The van der Waals surface area contributed by atoms with Gasteiger partial charge in [-0.3, -0.25) is 4.79 Å². The Balaban J connectivity index is 0. The molecule has 88 valence electrons. The SMILES string of the molecule is C.CCC(=O)OC.O=C1COC(=O)CO1. The lowest BCUT2D eigenvalue weighted by Gasteiger charge is -2.09. The highest BCUT2D eigenvalue weighted by molar-refractivity contribution is 5.82. The van der Waals surface area contributed by atoms with Crippen LogP contribution in [-0.2, 0) is 28.6 Å². The molecule has 0 atom stereocenters. The summed E-state index contributed by atoms with van der Waals surface area (Å²) in [5.74, 6) is -1.12. The standard InChI is InChI=1S/C4H4O4.C4H8O2.CH4/c5-3-1-7-4(6)2-8-3;1-3-4(5)6-2;/h1-2H2;3H2,1-2H3;1H4. The Morgan fingerprint density at radius 2 is 1.67 bits per heavy atom. The fraction of sp³-hybridized carbons (Fsp3) is 0.667. The van der Waals surface area contributed by atoms with Crippen molar-refractivity contribution in [2.75, 3.05) is 20.3 Å². The van der Waals surface area contributed by atoms with Gasteiger partial charge in [-0.25, -0.2) is 9.59 Å². The number of hydrogen-bond donors (Lipinski definition) is 0. The van der Waals surface area contributed by atoms with Gasteiger partial charge in [0.2, 0.25) is 0 Å². The minimum atomic E-state index is -0.482. The van der Waals surface area contributed by atoms with Crippen molar-refractivity contribution in [2.45, 2.75) is 20.8 Å². The monoisotopic (exact) mass is 220 g/mol. The highest BCUT2D eigenvalue weighted by atomic mass is 16.6. The Labute approximate surface area is 88.5 Å². The van der Waals surface area contributed by atoms with E-state index in [-0.39, 0.29) is 26.6 Å². The summed E-state index contributed by atoms with van der Waals surface area (Å²) in [6, 6.07) is 0. The molecular formula is C9H16O6. The molecule has 6 nitrogen and oxygen atoms in total. The maximum atomic E-state index is 10.1. The molecular weight excluding hydrogens is 204 g/mol. The molecule has 15 heavy (non-hydrogen) atoms. The zero-order chi connectivity index (χ0) is 11.0. The van der Waals surface area contributed by atoms with Gasteiger partial charge in [-0.05, 0) is 0 Å². The summed E-state index contributed by atoms with van der Waals surface area (Å²) in [6.07, 6.45) is 0.469. The molecule has 6 heteroatoms. The van der Waals surface area contributed by atoms with E-state index in [1.807, 2.05) is 0 Å². The van der Waals surface area contributed by atoms with E-state index in [1.165, 1.54) is 7.11 Å². The number of hydrogen-bond acceptors (Lipinski definition) is 6. The predicted octanol–water partition coefficient (Wildman–Crippen LogP) is 0.292. The average Bonchev–Trinajstić information content (AvgIpc) is 2.22. The van der Waals surface area contributed by atoms with Crippen LogP contribution in [0, 0.1) is 0 Å². The third-order valence-corrected chi connectivity index (χ3v) is 1.22. The Hall–Kier alpha value is -1.59. The number of esters is 3. The molecule has 0 N–H and O–H groups in total. The first-order valence-electron chi connectivity index (χ1n) is 3.98. The molecule has 0 aromatic carbocycles. The highest BCUT2D eigenvalue weighted by Gasteiger charge is 2.16. The van der Waals surface area contributed by atoms with E-state index >= 15 is 0 Å². The Morgan fingerprint density at radius 1 is 1.27 bits per heavy atom. The van der Waals surface area contributed by atoms with Crippen LogP contribution in [0.1, 0.15) is 20.8 Å². The number of ether oxygens (including phenoxy) is 3. The quantitative estimate of drug-likeness (QED) is 0.467. The first-order valence-corrected chi connectivity index (χ1v) is 3.98. The van der Waals surface area contributed by atoms with Crippen molar-refractivity contribution in [2.24, 2.45) is 0 Å². The summed E-state index contributed by atoms with van der Waals surface area (Å²) in [6.45, 7) is 1.28. The zero-order valence-electron chi connectivity index (χ0n) is 8.07. The van der Waals surface area contributed by atoms with Crippen molar-refractivity contribution in [3.63, 3.8) is 0 Å². The average molecular weight is 220 g/mol. The first kappa shape index (κ1) is 15.9. The Morgan fingerprint density at radius 3 is 1.80 bits per heavy atom. The molecule has 1 rings (SSSR count). The van der Waals surface area contributed by atoms with E-state index < -0.39 is 11.9 Å². The maximum Gasteiger partial charge on any atom is 0.344 e. The second kappa shape index (κ2) is 8.98. The van der Waals surface area contributed by atoms with E-state index in [0.717, 1.165) is 0 Å². The molecule has 0 aliphatic carbocycles. The van der Waals surface area contributed by atoms with E-state index in [4.69, 9.17) is 0 Å². The van der Waals surface area contributed by atoms with Gasteiger partial charge in [0, 0.05) is 6.42 Å². The van der Waals surface area contributed by atoms with Crippen molar-refractivity contribution in [3.05, 3.63) is 0 Å². The van der Waals surface area contributed by atoms with Crippen molar-refractivity contribution in [3.8, 4) is 0 Å². The maximum absolute atomic E-state index is 10.1. The van der Waals surface area contributed by atoms with Gasteiger partial charge in [0.15, 0.2) is 13.2 Å². The zero-order valence-corrected chi connectivity index (χ0v) is 8.07. The lowest BCUT2D eigenvalue weighted by atomic mass is 10.5. The number of carbonyl (C=O) groups excluding carboxylic acids is 3. The molecule has 1 aliphatic heterocycles. The first-order chi connectivity index (χ1) is 6.60. The molecule has 0 aromatic heterocycles. The molecule has 1 heterocycles. The second-order valence-electron chi connectivity index (χ2n) is 2.25.